The van der Waals surface area contributed by atoms with Gasteiger partial charge in [-0.25, -0.2) is 0 Å². The zero-order valence-corrected chi connectivity index (χ0v) is 10.4. The van der Waals surface area contributed by atoms with Crippen molar-refractivity contribution in [3.8, 4) is 0 Å². The largest absolute Gasteiger partial charge is 0.388 e. The van der Waals surface area contributed by atoms with E-state index < -0.39 is 5.60 Å². The topological polar surface area (TPSA) is 66.8 Å². The van der Waals surface area contributed by atoms with Crippen LogP contribution in [0.15, 0.2) is 0 Å². The number of hydrogen-bond acceptors (Lipinski definition) is 4. The van der Waals surface area contributed by atoms with Crippen molar-refractivity contribution < 1.29 is 19.4 Å². The first-order valence-electron chi connectivity index (χ1n) is 6.74. The van der Waals surface area contributed by atoms with Crippen LogP contribution >= 0.6 is 0 Å². The Balaban J connectivity index is 1.75. The number of rotatable bonds is 2. The number of piperidine rings is 1. The second-order valence-corrected chi connectivity index (χ2v) is 5.81. The molecule has 1 N–H and O–H groups in total. The third-order valence-corrected chi connectivity index (χ3v) is 4.54. The number of carbonyl (C=O) groups excluding carboxylic acids is 2. The molecule has 5 heteroatoms. The summed E-state index contributed by atoms with van der Waals surface area (Å²) in [6.07, 6.45) is 3.37. The summed E-state index contributed by atoms with van der Waals surface area (Å²) in [6, 6.07) is 0. The minimum absolute atomic E-state index is 0.0103. The van der Waals surface area contributed by atoms with Crippen LogP contribution in [0.3, 0.4) is 0 Å². The van der Waals surface area contributed by atoms with E-state index in [0.29, 0.717) is 26.1 Å². The molecule has 3 aliphatic rings. The molecular formula is C13H19NO4. The predicted molar refractivity (Wildman–Crippen MR) is 62.6 cm³/mol. The number of hydrogen-bond donors (Lipinski definition) is 1. The second kappa shape index (κ2) is 4.31. The molecule has 100 valence electrons. The Morgan fingerprint density at radius 2 is 1.72 bits per heavy atom. The van der Waals surface area contributed by atoms with Crippen LogP contribution in [-0.4, -0.2) is 47.2 Å². The highest BCUT2D eigenvalue weighted by atomic mass is 16.5. The number of β-amino-alcohol motifs (C(OH)–C–C–N with tert-alkyl or cyclic N) is 1. The molecule has 2 atom stereocenters. The molecule has 5 nitrogen and oxygen atoms in total. The van der Waals surface area contributed by atoms with E-state index >= 15 is 0 Å². The number of aliphatic hydroxyl groups is 1. The van der Waals surface area contributed by atoms with E-state index in [-0.39, 0.29) is 30.2 Å². The van der Waals surface area contributed by atoms with Crippen LogP contribution in [-0.2, 0) is 14.3 Å². The molecule has 2 heterocycles. The second-order valence-electron chi connectivity index (χ2n) is 5.81. The highest BCUT2D eigenvalue weighted by Gasteiger charge is 2.47. The summed E-state index contributed by atoms with van der Waals surface area (Å²) in [7, 11) is 0. The number of ether oxygens (including phenoxy) is 1. The molecule has 2 aliphatic heterocycles. The summed E-state index contributed by atoms with van der Waals surface area (Å²) in [6.45, 7) is 1.15. The quantitative estimate of drug-likeness (QED) is 0.719. The summed E-state index contributed by atoms with van der Waals surface area (Å²) < 4.78 is 5.21. The van der Waals surface area contributed by atoms with E-state index in [2.05, 4.69) is 0 Å². The highest BCUT2D eigenvalue weighted by molar-refractivity contribution is 6.00. The van der Waals surface area contributed by atoms with Gasteiger partial charge in [0, 0.05) is 37.9 Å². The van der Waals surface area contributed by atoms with Gasteiger partial charge in [0.25, 0.3) is 0 Å². The summed E-state index contributed by atoms with van der Waals surface area (Å²) in [5, 5.41) is 10.4. The Kier molecular flexibility index (Phi) is 2.90. The third kappa shape index (κ3) is 1.95. The number of fused-ring (bicyclic) bond motifs is 2. The standard InChI is InChI=1S/C13H19NO4/c15-11-9-1-2-10(7-9)12(16)14(11)8-13(17)3-5-18-6-4-13/h9-10,17H,1-8H2. The van der Waals surface area contributed by atoms with Crippen molar-refractivity contribution in [2.24, 2.45) is 11.8 Å². The third-order valence-electron chi connectivity index (χ3n) is 4.54. The first-order chi connectivity index (χ1) is 8.59. The van der Waals surface area contributed by atoms with Crippen molar-refractivity contribution in [3.05, 3.63) is 0 Å². The molecule has 2 saturated heterocycles. The van der Waals surface area contributed by atoms with Crippen LogP contribution < -0.4 is 0 Å². The molecule has 0 aromatic rings. The number of imide groups is 1. The fraction of sp³-hybridized carbons (Fsp3) is 0.846. The molecule has 0 radical (unpaired) electrons. The van der Waals surface area contributed by atoms with Crippen molar-refractivity contribution in [1.82, 2.24) is 4.90 Å². The van der Waals surface area contributed by atoms with Gasteiger partial charge >= 0.3 is 0 Å². The lowest BCUT2D eigenvalue weighted by molar-refractivity contribution is -0.160. The van der Waals surface area contributed by atoms with Crippen LogP contribution in [0.4, 0.5) is 0 Å². The van der Waals surface area contributed by atoms with E-state index in [9.17, 15) is 14.7 Å². The van der Waals surface area contributed by atoms with Crippen molar-refractivity contribution in [2.45, 2.75) is 37.7 Å². The summed E-state index contributed by atoms with van der Waals surface area (Å²) in [5.74, 6) is -0.130. The first-order valence-corrected chi connectivity index (χ1v) is 6.74. The summed E-state index contributed by atoms with van der Waals surface area (Å²) in [5.41, 5.74) is -0.944. The Hall–Kier alpha value is -0.940. The van der Waals surface area contributed by atoms with Gasteiger partial charge in [-0.05, 0) is 19.3 Å². The van der Waals surface area contributed by atoms with Gasteiger partial charge < -0.3 is 9.84 Å². The minimum atomic E-state index is -0.944. The van der Waals surface area contributed by atoms with Crippen molar-refractivity contribution in [2.75, 3.05) is 19.8 Å². The van der Waals surface area contributed by atoms with Crippen LogP contribution in [0.1, 0.15) is 32.1 Å². The van der Waals surface area contributed by atoms with Crippen molar-refractivity contribution in [3.63, 3.8) is 0 Å². The number of carbonyl (C=O) groups is 2. The van der Waals surface area contributed by atoms with E-state index in [1.54, 1.807) is 0 Å². The van der Waals surface area contributed by atoms with Gasteiger partial charge in [-0.2, -0.15) is 0 Å². The average molecular weight is 253 g/mol. The number of likely N-dealkylation sites (tertiary alicyclic amines) is 1. The summed E-state index contributed by atoms with van der Waals surface area (Å²) >= 11 is 0. The van der Waals surface area contributed by atoms with E-state index in [1.807, 2.05) is 0 Å². The Bertz CT molecular complexity index is 353. The maximum absolute atomic E-state index is 12.2. The van der Waals surface area contributed by atoms with Gasteiger partial charge in [0.1, 0.15) is 0 Å². The Morgan fingerprint density at radius 1 is 1.17 bits per heavy atom. The average Bonchev–Trinajstić information content (AvgIpc) is 2.80. The van der Waals surface area contributed by atoms with Gasteiger partial charge in [-0.15, -0.1) is 0 Å². The SMILES string of the molecule is O=C1C2CCC(C2)C(=O)N1CC1(O)CCOCC1. The molecule has 3 fully saturated rings. The zero-order valence-electron chi connectivity index (χ0n) is 10.4. The highest BCUT2D eigenvalue weighted by Crippen LogP contribution is 2.39. The molecule has 1 saturated carbocycles. The van der Waals surface area contributed by atoms with Crippen molar-refractivity contribution in [1.29, 1.82) is 0 Å². The molecular weight excluding hydrogens is 234 g/mol. The van der Waals surface area contributed by atoms with Crippen molar-refractivity contribution >= 4 is 11.8 Å². The van der Waals surface area contributed by atoms with Gasteiger partial charge in [0.15, 0.2) is 0 Å². The Morgan fingerprint density at radius 3 is 2.28 bits per heavy atom. The van der Waals surface area contributed by atoms with Gasteiger partial charge in [0.05, 0.1) is 12.1 Å². The monoisotopic (exact) mass is 253 g/mol. The molecule has 0 spiro atoms. The fourth-order valence-electron chi connectivity index (χ4n) is 3.34. The lowest BCUT2D eigenvalue weighted by atomic mass is 9.90. The number of amides is 2. The molecule has 0 aromatic carbocycles. The normalized spacial score (nSPS) is 35.1. The maximum Gasteiger partial charge on any atom is 0.232 e. The van der Waals surface area contributed by atoms with Gasteiger partial charge in [0.2, 0.25) is 11.8 Å². The molecule has 2 bridgehead atoms. The van der Waals surface area contributed by atoms with E-state index in [0.717, 1.165) is 19.3 Å². The molecule has 18 heavy (non-hydrogen) atoms. The number of nitrogens with zero attached hydrogens (tertiary/aromatic N) is 1. The lowest BCUT2D eigenvalue weighted by Crippen LogP contribution is -2.54. The molecule has 2 amide bonds. The van der Waals surface area contributed by atoms with Crippen LogP contribution in [0.25, 0.3) is 0 Å². The Labute approximate surface area is 106 Å². The zero-order chi connectivity index (χ0) is 12.8. The molecule has 0 aromatic heterocycles. The van der Waals surface area contributed by atoms with Gasteiger partial charge in [-0.1, -0.05) is 0 Å². The van der Waals surface area contributed by atoms with E-state index in [4.69, 9.17) is 4.74 Å². The molecule has 2 unspecified atom stereocenters. The lowest BCUT2D eigenvalue weighted by Gasteiger charge is -2.38. The maximum atomic E-state index is 12.2. The van der Waals surface area contributed by atoms with Crippen LogP contribution in [0, 0.1) is 11.8 Å². The molecule has 3 rings (SSSR count). The smallest absolute Gasteiger partial charge is 0.232 e. The van der Waals surface area contributed by atoms with Crippen LogP contribution in [0.5, 0.6) is 0 Å². The van der Waals surface area contributed by atoms with Gasteiger partial charge in [-0.3, -0.25) is 14.5 Å². The molecule has 1 aliphatic carbocycles. The fourth-order valence-corrected chi connectivity index (χ4v) is 3.34. The predicted octanol–water partition coefficient (Wildman–Crippen LogP) is 0.313. The first kappa shape index (κ1) is 12.1. The van der Waals surface area contributed by atoms with E-state index in [1.165, 1.54) is 4.90 Å². The minimum Gasteiger partial charge on any atom is -0.388 e. The summed E-state index contributed by atoms with van der Waals surface area (Å²) in [4.78, 5) is 25.7. The van der Waals surface area contributed by atoms with Crippen LogP contribution in [0.2, 0.25) is 0 Å².